The van der Waals surface area contributed by atoms with E-state index in [1.54, 1.807) is 12.5 Å². The molecule has 0 aliphatic carbocycles. The van der Waals surface area contributed by atoms with Gasteiger partial charge in [0.1, 0.15) is 6.33 Å². The zero-order chi connectivity index (χ0) is 13.5. The standard InChI is InChI=1S/C12H19N5OS.ClH/c1-3-16(4-2)7-5-9-18-12-11(14-19-15-12)17-8-6-13-10-17;/h6,8,10H,3-5,7,9H2,1-2H3;1H. The maximum atomic E-state index is 5.70. The summed E-state index contributed by atoms with van der Waals surface area (Å²) >= 11 is 1.15. The summed E-state index contributed by atoms with van der Waals surface area (Å²) in [6.45, 7) is 8.20. The van der Waals surface area contributed by atoms with Crippen LogP contribution in [-0.4, -0.2) is 49.4 Å². The minimum absolute atomic E-state index is 0. The lowest BCUT2D eigenvalue weighted by Gasteiger charge is -2.17. The summed E-state index contributed by atoms with van der Waals surface area (Å²) in [4.78, 5) is 6.37. The molecule has 0 unspecified atom stereocenters. The van der Waals surface area contributed by atoms with Crippen LogP contribution in [0.5, 0.6) is 5.88 Å². The van der Waals surface area contributed by atoms with Crippen LogP contribution in [0.4, 0.5) is 0 Å². The first-order valence-electron chi connectivity index (χ1n) is 6.51. The predicted octanol–water partition coefficient (Wildman–Crippen LogP) is 2.26. The van der Waals surface area contributed by atoms with Crippen LogP contribution >= 0.6 is 24.1 Å². The van der Waals surface area contributed by atoms with Crippen LogP contribution in [-0.2, 0) is 0 Å². The van der Waals surface area contributed by atoms with Crippen LogP contribution in [0.25, 0.3) is 5.82 Å². The van der Waals surface area contributed by atoms with Crippen molar-refractivity contribution in [2.75, 3.05) is 26.2 Å². The molecule has 112 valence electrons. The highest BCUT2D eigenvalue weighted by molar-refractivity contribution is 6.99. The van der Waals surface area contributed by atoms with Crippen LogP contribution in [0.2, 0.25) is 0 Å². The van der Waals surface area contributed by atoms with Crippen molar-refractivity contribution in [3.8, 4) is 11.7 Å². The maximum Gasteiger partial charge on any atom is 0.271 e. The number of halogens is 1. The van der Waals surface area contributed by atoms with Crippen LogP contribution in [0.3, 0.4) is 0 Å². The third-order valence-corrected chi connectivity index (χ3v) is 3.45. The molecule has 0 atom stereocenters. The molecule has 0 spiro atoms. The average Bonchev–Trinajstić information content (AvgIpc) is 3.09. The van der Waals surface area contributed by atoms with Crippen molar-refractivity contribution in [2.24, 2.45) is 0 Å². The first kappa shape index (κ1) is 16.9. The minimum atomic E-state index is 0. The highest BCUT2D eigenvalue weighted by atomic mass is 35.5. The van der Waals surface area contributed by atoms with Gasteiger partial charge in [-0.05, 0) is 19.5 Å². The minimum Gasteiger partial charge on any atom is -0.474 e. The van der Waals surface area contributed by atoms with Gasteiger partial charge >= 0.3 is 0 Å². The molecule has 0 saturated heterocycles. The summed E-state index contributed by atoms with van der Waals surface area (Å²) in [7, 11) is 0. The van der Waals surface area contributed by atoms with E-state index in [2.05, 4.69) is 32.5 Å². The molecule has 8 heteroatoms. The Hall–Kier alpha value is -1.18. The third kappa shape index (κ3) is 4.43. The molecule has 0 fully saturated rings. The number of hydrogen-bond acceptors (Lipinski definition) is 6. The van der Waals surface area contributed by atoms with E-state index >= 15 is 0 Å². The van der Waals surface area contributed by atoms with E-state index in [-0.39, 0.29) is 12.4 Å². The van der Waals surface area contributed by atoms with E-state index in [1.807, 2.05) is 10.8 Å². The van der Waals surface area contributed by atoms with E-state index in [1.165, 1.54) is 0 Å². The summed E-state index contributed by atoms with van der Waals surface area (Å²) in [6, 6.07) is 0. The zero-order valence-corrected chi connectivity index (χ0v) is 13.4. The SMILES string of the molecule is CCN(CC)CCCOc1nsnc1-n1ccnc1.Cl. The van der Waals surface area contributed by atoms with Crippen molar-refractivity contribution < 1.29 is 4.74 Å². The fourth-order valence-corrected chi connectivity index (χ4v) is 2.30. The smallest absolute Gasteiger partial charge is 0.271 e. The summed E-state index contributed by atoms with van der Waals surface area (Å²) in [6.07, 6.45) is 6.23. The summed E-state index contributed by atoms with van der Waals surface area (Å²) in [5.74, 6) is 1.30. The van der Waals surface area contributed by atoms with Gasteiger partial charge in [-0.1, -0.05) is 13.8 Å². The lowest BCUT2D eigenvalue weighted by Crippen LogP contribution is -2.25. The topological polar surface area (TPSA) is 56.1 Å². The molecule has 0 bridgehead atoms. The monoisotopic (exact) mass is 317 g/mol. The van der Waals surface area contributed by atoms with E-state index < -0.39 is 0 Å². The highest BCUT2D eigenvalue weighted by Crippen LogP contribution is 2.19. The molecule has 0 aromatic carbocycles. The molecule has 6 nitrogen and oxygen atoms in total. The van der Waals surface area contributed by atoms with Gasteiger partial charge in [-0.15, -0.1) is 16.8 Å². The van der Waals surface area contributed by atoms with E-state index in [0.717, 1.165) is 37.8 Å². The van der Waals surface area contributed by atoms with Crippen molar-refractivity contribution in [3.63, 3.8) is 0 Å². The zero-order valence-electron chi connectivity index (χ0n) is 11.7. The van der Waals surface area contributed by atoms with E-state index in [4.69, 9.17) is 4.74 Å². The van der Waals surface area contributed by atoms with Gasteiger partial charge in [0.05, 0.1) is 18.3 Å². The van der Waals surface area contributed by atoms with Gasteiger partial charge < -0.3 is 9.64 Å². The largest absolute Gasteiger partial charge is 0.474 e. The maximum absolute atomic E-state index is 5.70. The summed E-state index contributed by atoms with van der Waals surface area (Å²) in [5.41, 5.74) is 0. The van der Waals surface area contributed by atoms with E-state index in [0.29, 0.717) is 18.3 Å². The Morgan fingerprint density at radius 1 is 1.30 bits per heavy atom. The predicted molar refractivity (Wildman–Crippen MR) is 82.2 cm³/mol. The number of aromatic nitrogens is 4. The van der Waals surface area contributed by atoms with Crippen LogP contribution in [0.15, 0.2) is 18.7 Å². The van der Waals surface area contributed by atoms with Crippen LogP contribution < -0.4 is 4.74 Å². The van der Waals surface area contributed by atoms with E-state index in [9.17, 15) is 0 Å². The van der Waals surface area contributed by atoms with Gasteiger partial charge in [-0.3, -0.25) is 4.57 Å². The fourth-order valence-electron chi connectivity index (χ4n) is 1.81. The Morgan fingerprint density at radius 2 is 2.10 bits per heavy atom. The molecule has 0 amide bonds. The first-order chi connectivity index (χ1) is 9.35. The van der Waals surface area contributed by atoms with Gasteiger partial charge in [0.2, 0.25) is 5.82 Å². The summed E-state index contributed by atoms with van der Waals surface area (Å²) in [5, 5.41) is 0. The lowest BCUT2D eigenvalue weighted by molar-refractivity contribution is 0.245. The molecule has 2 aromatic rings. The molecular weight excluding hydrogens is 298 g/mol. The average molecular weight is 318 g/mol. The molecule has 0 N–H and O–H groups in total. The van der Waals surface area contributed by atoms with Crippen molar-refractivity contribution >= 4 is 24.1 Å². The first-order valence-corrected chi connectivity index (χ1v) is 7.24. The molecule has 0 saturated carbocycles. The summed E-state index contributed by atoms with van der Waals surface area (Å²) < 4.78 is 15.9. The molecular formula is C12H20ClN5OS. The molecule has 2 aromatic heterocycles. The quantitative estimate of drug-likeness (QED) is 0.699. The second-order valence-corrected chi connectivity index (χ2v) is 4.62. The number of ether oxygens (including phenoxy) is 1. The molecule has 20 heavy (non-hydrogen) atoms. The van der Waals surface area contributed by atoms with Crippen molar-refractivity contribution in [1.29, 1.82) is 0 Å². The van der Waals surface area contributed by atoms with Gasteiger partial charge in [-0.2, -0.15) is 4.37 Å². The Balaban J connectivity index is 0.00000200. The number of hydrogen-bond donors (Lipinski definition) is 0. The van der Waals surface area contributed by atoms with Crippen LogP contribution in [0, 0.1) is 0 Å². The van der Waals surface area contributed by atoms with Gasteiger partial charge in [0.25, 0.3) is 5.88 Å². The van der Waals surface area contributed by atoms with Crippen molar-refractivity contribution in [3.05, 3.63) is 18.7 Å². The van der Waals surface area contributed by atoms with Gasteiger partial charge in [-0.25, -0.2) is 4.98 Å². The number of nitrogens with zero attached hydrogens (tertiary/aromatic N) is 5. The highest BCUT2D eigenvalue weighted by Gasteiger charge is 2.11. The van der Waals surface area contributed by atoms with Gasteiger partial charge in [0, 0.05) is 18.9 Å². The number of imidazole rings is 1. The Bertz CT molecular complexity index is 472. The molecule has 0 aliphatic rings. The molecule has 0 aliphatic heterocycles. The van der Waals surface area contributed by atoms with Crippen molar-refractivity contribution in [1.82, 2.24) is 23.2 Å². The second kappa shape index (κ2) is 8.89. The molecule has 2 rings (SSSR count). The Labute approximate surface area is 129 Å². The molecule has 0 radical (unpaired) electrons. The number of rotatable bonds is 8. The van der Waals surface area contributed by atoms with Gasteiger partial charge in [0.15, 0.2) is 0 Å². The molecule has 2 heterocycles. The third-order valence-electron chi connectivity index (χ3n) is 2.94. The lowest BCUT2D eigenvalue weighted by atomic mass is 10.4. The Kier molecular flexibility index (Phi) is 7.50. The van der Waals surface area contributed by atoms with Crippen LogP contribution in [0.1, 0.15) is 20.3 Å². The second-order valence-electron chi connectivity index (χ2n) is 4.09. The van der Waals surface area contributed by atoms with Crippen molar-refractivity contribution in [2.45, 2.75) is 20.3 Å². The Morgan fingerprint density at radius 3 is 2.75 bits per heavy atom. The normalized spacial score (nSPS) is 10.6. The fraction of sp³-hybridized carbons (Fsp3) is 0.583.